The maximum Gasteiger partial charge on any atom is 0.327 e. The summed E-state index contributed by atoms with van der Waals surface area (Å²) in [5.74, 6) is -0.319. The highest BCUT2D eigenvalue weighted by Gasteiger charge is 2.10. The Bertz CT molecular complexity index is 1610. The number of fused-ring (bicyclic) bond motifs is 2. The molecule has 0 saturated heterocycles. The molecule has 2 aromatic carbocycles. The van der Waals surface area contributed by atoms with Gasteiger partial charge >= 0.3 is 5.69 Å². The fourth-order valence-corrected chi connectivity index (χ4v) is 3.57. The van der Waals surface area contributed by atoms with Gasteiger partial charge in [-0.1, -0.05) is 12.1 Å². The predicted molar refractivity (Wildman–Crippen MR) is 122 cm³/mol. The maximum absolute atomic E-state index is 12.7. The first-order valence-electron chi connectivity index (χ1n) is 9.82. The molecule has 5 aromatic rings. The van der Waals surface area contributed by atoms with E-state index >= 15 is 0 Å². The number of pyridine rings is 2. The van der Waals surface area contributed by atoms with Crippen LogP contribution in [0.15, 0.2) is 76.6 Å². The van der Waals surface area contributed by atoms with E-state index in [1.54, 1.807) is 61.9 Å². The summed E-state index contributed by atoms with van der Waals surface area (Å²) in [6, 6.07) is 16.0. The Labute approximate surface area is 180 Å². The van der Waals surface area contributed by atoms with Crippen molar-refractivity contribution >= 4 is 33.5 Å². The molecule has 1 amide bonds. The number of benzene rings is 2. The van der Waals surface area contributed by atoms with Crippen molar-refractivity contribution in [1.29, 1.82) is 0 Å². The van der Waals surface area contributed by atoms with E-state index in [9.17, 15) is 14.4 Å². The highest BCUT2D eigenvalue weighted by Crippen LogP contribution is 2.22. The zero-order valence-electron chi connectivity index (χ0n) is 17.0. The first kappa shape index (κ1) is 19.3. The van der Waals surface area contributed by atoms with Gasteiger partial charge in [0.1, 0.15) is 0 Å². The SMILES string of the molecule is Cn1c(=O)[nH]c2ncc(-c3cccc(C(=O)NNc4ccc5c(=O)[nH]ccc5c4)c3)cc21. The molecule has 0 atom stereocenters. The Morgan fingerprint density at radius 2 is 1.91 bits per heavy atom. The van der Waals surface area contributed by atoms with Crippen molar-refractivity contribution in [3.05, 3.63) is 93.4 Å². The van der Waals surface area contributed by atoms with Crippen LogP contribution in [0.4, 0.5) is 5.69 Å². The van der Waals surface area contributed by atoms with Crippen molar-refractivity contribution in [3.8, 4) is 11.1 Å². The van der Waals surface area contributed by atoms with Gasteiger partial charge in [-0.05, 0) is 53.4 Å². The number of nitrogens with zero attached hydrogens (tertiary/aromatic N) is 2. The van der Waals surface area contributed by atoms with E-state index in [-0.39, 0.29) is 17.2 Å². The highest BCUT2D eigenvalue weighted by atomic mass is 16.2. The van der Waals surface area contributed by atoms with Crippen LogP contribution in [0, 0.1) is 0 Å². The third-order valence-corrected chi connectivity index (χ3v) is 5.31. The molecule has 0 unspecified atom stereocenters. The highest BCUT2D eigenvalue weighted by molar-refractivity contribution is 5.96. The summed E-state index contributed by atoms with van der Waals surface area (Å²) in [4.78, 5) is 45.9. The summed E-state index contributed by atoms with van der Waals surface area (Å²) in [5, 5.41) is 1.33. The van der Waals surface area contributed by atoms with Crippen molar-refractivity contribution in [3.63, 3.8) is 0 Å². The van der Waals surface area contributed by atoms with Crippen LogP contribution < -0.4 is 22.1 Å². The number of amides is 1. The topological polar surface area (TPSA) is 125 Å². The number of hydrogen-bond donors (Lipinski definition) is 4. The third-order valence-electron chi connectivity index (χ3n) is 5.31. The van der Waals surface area contributed by atoms with Crippen molar-refractivity contribution in [2.75, 3.05) is 5.43 Å². The second-order valence-electron chi connectivity index (χ2n) is 7.35. The number of hydrazine groups is 1. The van der Waals surface area contributed by atoms with Gasteiger partial charge in [0, 0.05) is 36.0 Å². The fourth-order valence-electron chi connectivity index (χ4n) is 3.57. The van der Waals surface area contributed by atoms with Crippen LogP contribution in [0.25, 0.3) is 33.1 Å². The zero-order valence-corrected chi connectivity index (χ0v) is 17.0. The van der Waals surface area contributed by atoms with E-state index in [1.807, 2.05) is 12.1 Å². The Kier molecular flexibility index (Phi) is 4.55. The summed E-state index contributed by atoms with van der Waals surface area (Å²) >= 11 is 0. The van der Waals surface area contributed by atoms with Gasteiger partial charge in [-0.15, -0.1) is 0 Å². The minimum atomic E-state index is -0.319. The molecule has 0 aliphatic heterocycles. The summed E-state index contributed by atoms with van der Waals surface area (Å²) in [5.41, 5.74) is 9.03. The molecule has 0 aliphatic carbocycles. The van der Waals surface area contributed by atoms with Crippen LogP contribution in [0.3, 0.4) is 0 Å². The maximum atomic E-state index is 12.7. The lowest BCUT2D eigenvalue weighted by atomic mass is 10.0. The molecule has 9 heteroatoms. The van der Waals surface area contributed by atoms with Crippen molar-refractivity contribution in [1.82, 2.24) is 24.9 Å². The second-order valence-corrected chi connectivity index (χ2v) is 7.35. The van der Waals surface area contributed by atoms with Crippen LogP contribution >= 0.6 is 0 Å². The summed E-state index contributed by atoms with van der Waals surface area (Å²) in [6.45, 7) is 0. The average molecular weight is 426 g/mol. The number of aryl methyl sites for hydroxylation is 1. The number of aromatic nitrogens is 4. The van der Waals surface area contributed by atoms with Gasteiger partial charge in [0.05, 0.1) is 11.2 Å². The molecular weight excluding hydrogens is 408 g/mol. The largest absolute Gasteiger partial charge is 0.329 e. The molecule has 9 nitrogen and oxygen atoms in total. The Balaban J connectivity index is 1.37. The van der Waals surface area contributed by atoms with E-state index in [0.717, 1.165) is 16.5 Å². The lowest BCUT2D eigenvalue weighted by Gasteiger charge is -2.10. The molecule has 32 heavy (non-hydrogen) atoms. The van der Waals surface area contributed by atoms with E-state index in [0.29, 0.717) is 27.8 Å². The van der Waals surface area contributed by atoms with Gasteiger partial charge in [-0.2, -0.15) is 0 Å². The first-order chi connectivity index (χ1) is 15.5. The number of hydrogen-bond acceptors (Lipinski definition) is 5. The number of nitrogens with one attached hydrogen (secondary N) is 4. The summed E-state index contributed by atoms with van der Waals surface area (Å²) in [6.07, 6.45) is 3.24. The van der Waals surface area contributed by atoms with E-state index in [1.165, 1.54) is 4.57 Å². The molecule has 3 heterocycles. The minimum Gasteiger partial charge on any atom is -0.329 e. The summed E-state index contributed by atoms with van der Waals surface area (Å²) < 4.78 is 1.49. The fraction of sp³-hybridized carbons (Fsp3) is 0.0435. The molecule has 5 rings (SSSR count). The third kappa shape index (κ3) is 3.41. The van der Waals surface area contributed by atoms with Crippen LogP contribution in [0.1, 0.15) is 10.4 Å². The van der Waals surface area contributed by atoms with Crippen LogP contribution in [-0.2, 0) is 7.05 Å². The first-order valence-corrected chi connectivity index (χ1v) is 9.82. The van der Waals surface area contributed by atoms with Crippen LogP contribution in [-0.4, -0.2) is 25.4 Å². The Morgan fingerprint density at radius 3 is 2.78 bits per heavy atom. The molecule has 0 radical (unpaired) electrons. The molecule has 0 aliphatic rings. The quantitative estimate of drug-likeness (QED) is 0.329. The molecule has 0 saturated carbocycles. The Hall–Kier alpha value is -4.66. The number of carbonyl (C=O) groups excluding carboxylic acids is 1. The molecule has 0 fully saturated rings. The molecule has 4 N–H and O–H groups in total. The van der Waals surface area contributed by atoms with E-state index in [2.05, 4.69) is 25.8 Å². The van der Waals surface area contributed by atoms with E-state index in [4.69, 9.17) is 0 Å². The van der Waals surface area contributed by atoms with Crippen LogP contribution in [0.2, 0.25) is 0 Å². The number of aromatic amines is 2. The van der Waals surface area contributed by atoms with Crippen molar-refractivity contribution in [2.45, 2.75) is 0 Å². The second kappa shape index (κ2) is 7.55. The van der Waals surface area contributed by atoms with Gasteiger partial charge in [0.2, 0.25) is 0 Å². The van der Waals surface area contributed by atoms with Gasteiger partial charge in [-0.3, -0.25) is 30.0 Å². The van der Waals surface area contributed by atoms with Gasteiger partial charge in [0.15, 0.2) is 5.65 Å². The Morgan fingerprint density at radius 1 is 1.03 bits per heavy atom. The smallest absolute Gasteiger partial charge is 0.327 e. The molecule has 0 spiro atoms. The van der Waals surface area contributed by atoms with Gasteiger partial charge in [0.25, 0.3) is 11.5 Å². The van der Waals surface area contributed by atoms with Crippen molar-refractivity contribution < 1.29 is 4.79 Å². The number of carbonyl (C=O) groups is 1. The summed E-state index contributed by atoms with van der Waals surface area (Å²) in [7, 11) is 1.67. The van der Waals surface area contributed by atoms with Crippen molar-refractivity contribution in [2.24, 2.45) is 7.05 Å². The molecular formula is C23H18N6O3. The van der Waals surface area contributed by atoms with E-state index < -0.39 is 0 Å². The predicted octanol–water partition coefficient (Wildman–Crippen LogP) is 2.53. The van der Waals surface area contributed by atoms with Gasteiger partial charge in [-0.25, -0.2) is 9.78 Å². The number of H-pyrrole nitrogens is 2. The zero-order chi connectivity index (χ0) is 22.2. The molecule has 158 valence electrons. The number of imidazole rings is 1. The number of anilines is 1. The monoisotopic (exact) mass is 426 g/mol. The number of rotatable bonds is 4. The average Bonchev–Trinajstić information content (AvgIpc) is 3.10. The molecule has 3 aromatic heterocycles. The van der Waals surface area contributed by atoms with Gasteiger partial charge < -0.3 is 4.98 Å². The lowest BCUT2D eigenvalue weighted by molar-refractivity contribution is 0.0962. The van der Waals surface area contributed by atoms with Crippen LogP contribution in [0.5, 0.6) is 0 Å². The minimum absolute atomic E-state index is 0.165. The molecule has 0 bridgehead atoms. The normalized spacial score (nSPS) is 11.0. The lowest BCUT2D eigenvalue weighted by Crippen LogP contribution is -2.29. The standard InChI is InChI=1S/C23H18N6O3/c1-29-19-11-16(12-25-20(19)26-23(29)32)13-3-2-4-15(9-13)21(30)28-27-17-5-6-18-14(10-17)7-8-24-22(18)31/h2-12,27H,1H3,(H,24,31)(H,28,30)(H,25,26,32).